The van der Waals surface area contributed by atoms with Crippen molar-refractivity contribution < 1.29 is 14.6 Å². The summed E-state index contributed by atoms with van der Waals surface area (Å²) in [6, 6.07) is 7.61. The average Bonchev–Trinajstić information content (AvgIpc) is 2.52. The van der Waals surface area contributed by atoms with Crippen LogP contribution in [0.15, 0.2) is 24.3 Å². The number of likely N-dealkylation sites (tertiary alicyclic amines) is 1. The van der Waals surface area contributed by atoms with E-state index in [2.05, 4.69) is 19.2 Å². The number of carbonyl (C=O) groups is 1. The lowest BCUT2D eigenvalue weighted by Crippen LogP contribution is -2.48. The summed E-state index contributed by atoms with van der Waals surface area (Å²) in [6.45, 7) is 5.29. The molecule has 5 heteroatoms. The number of hydrogen-bond donors (Lipinski definition) is 2. The first kappa shape index (κ1) is 16.6. The van der Waals surface area contributed by atoms with Gasteiger partial charge in [-0.05, 0) is 36.5 Å². The van der Waals surface area contributed by atoms with Crippen LogP contribution in [0.4, 0.5) is 4.79 Å². The number of urea groups is 1. The van der Waals surface area contributed by atoms with E-state index in [-0.39, 0.29) is 18.0 Å². The third kappa shape index (κ3) is 4.13. The minimum Gasteiger partial charge on any atom is -0.497 e. The molecule has 0 aromatic heterocycles. The number of benzene rings is 1. The van der Waals surface area contributed by atoms with Gasteiger partial charge in [0.15, 0.2) is 0 Å². The molecule has 0 saturated carbocycles. The Morgan fingerprint density at radius 3 is 2.59 bits per heavy atom. The summed E-state index contributed by atoms with van der Waals surface area (Å²) < 4.78 is 5.17. The molecule has 0 spiro atoms. The number of β-amino-alcohol motifs (C(OH)–C–C–N with tert-alkyl or cyclic N) is 1. The van der Waals surface area contributed by atoms with Crippen molar-refractivity contribution in [3.05, 3.63) is 29.8 Å². The molecule has 122 valence electrons. The SMILES string of the molecule is COc1ccc(C(NC(=O)N2CCCC(O)C2)C(C)C)cc1. The highest BCUT2D eigenvalue weighted by Gasteiger charge is 2.25. The van der Waals surface area contributed by atoms with Gasteiger partial charge in [-0.1, -0.05) is 26.0 Å². The monoisotopic (exact) mass is 306 g/mol. The molecule has 1 saturated heterocycles. The van der Waals surface area contributed by atoms with E-state index in [0.717, 1.165) is 24.2 Å². The first-order chi connectivity index (χ1) is 10.5. The average molecular weight is 306 g/mol. The molecule has 22 heavy (non-hydrogen) atoms. The van der Waals surface area contributed by atoms with E-state index in [9.17, 15) is 9.90 Å². The van der Waals surface area contributed by atoms with Crippen molar-refractivity contribution in [1.29, 1.82) is 0 Å². The molecule has 5 nitrogen and oxygen atoms in total. The second kappa shape index (κ2) is 7.49. The first-order valence-electron chi connectivity index (χ1n) is 7.88. The molecule has 0 radical (unpaired) electrons. The molecule has 0 bridgehead atoms. The number of hydrogen-bond acceptors (Lipinski definition) is 3. The summed E-state index contributed by atoms with van der Waals surface area (Å²) in [6.07, 6.45) is 1.22. The Morgan fingerprint density at radius 2 is 2.05 bits per heavy atom. The highest BCUT2D eigenvalue weighted by molar-refractivity contribution is 5.75. The molecule has 1 aliphatic heterocycles. The van der Waals surface area contributed by atoms with Crippen molar-refractivity contribution in [3.8, 4) is 5.75 Å². The van der Waals surface area contributed by atoms with Gasteiger partial charge in [0.25, 0.3) is 0 Å². The lowest BCUT2D eigenvalue weighted by Gasteiger charge is -2.33. The summed E-state index contributed by atoms with van der Waals surface area (Å²) in [5, 5.41) is 12.8. The molecule has 1 aliphatic rings. The number of carbonyl (C=O) groups excluding carboxylic acids is 1. The molecule has 2 N–H and O–H groups in total. The van der Waals surface area contributed by atoms with Crippen molar-refractivity contribution in [3.63, 3.8) is 0 Å². The number of rotatable bonds is 4. The maximum absolute atomic E-state index is 12.4. The zero-order chi connectivity index (χ0) is 16.1. The Morgan fingerprint density at radius 1 is 1.36 bits per heavy atom. The molecule has 1 fully saturated rings. The van der Waals surface area contributed by atoms with Crippen LogP contribution in [0.5, 0.6) is 5.75 Å². The van der Waals surface area contributed by atoms with Gasteiger partial charge in [-0.25, -0.2) is 4.79 Å². The van der Waals surface area contributed by atoms with Crippen molar-refractivity contribution in [2.45, 2.75) is 38.8 Å². The topological polar surface area (TPSA) is 61.8 Å². The number of aliphatic hydroxyl groups is 1. The van der Waals surface area contributed by atoms with Crippen molar-refractivity contribution in [1.82, 2.24) is 10.2 Å². The van der Waals surface area contributed by atoms with Gasteiger partial charge in [0, 0.05) is 13.1 Å². The van der Waals surface area contributed by atoms with Crippen LogP contribution in [0.2, 0.25) is 0 Å². The zero-order valence-electron chi connectivity index (χ0n) is 13.6. The van der Waals surface area contributed by atoms with Gasteiger partial charge >= 0.3 is 6.03 Å². The van der Waals surface area contributed by atoms with E-state index in [1.54, 1.807) is 12.0 Å². The normalized spacial score (nSPS) is 19.9. The van der Waals surface area contributed by atoms with Gasteiger partial charge in [0.2, 0.25) is 0 Å². The minimum atomic E-state index is -0.405. The number of methoxy groups -OCH3 is 1. The second-order valence-corrected chi connectivity index (χ2v) is 6.19. The first-order valence-corrected chi connectivity index (χ1v) is 7.88. The Bertz CT molecular complexity index is 487. The van der Waals surface area contributed by atoms with E-state index in [1.165, 1.54) is 0 Å². The summed E-state index contributed by atoms with van der Waals surface area (Å²) in [5.74, 6) is 1.07. The fourth-order valence-electron chi connectivity index (χ4n) is 2.81. The van der Waals surface area contributed by atoms with Crippen molar-refractivity contribution in [2.75, 3.05) is 20.2 Å². The Hall–Kier alpha value is -1.75. The molecule has 2 amide bonds. The Balaban J connectivity index is 2.05. The number of amides is 2. The molecule has 1 heterocycles. The molecular formula is C17H26N2O3. The van der Waals surface area contributed by atoms with Crippen LogP contribution in [0, 0.1) is 5.92 Å². The maximum Gasteiger partial charge on any atom is 0.317 e. The van der Waals surface area contributed by atoms with Crippen LogP contribution in [-0.2, 0) is 0 Å². The highest BCUT2D eigenvalue weighted by Crippen LogP contribution is 2.24. The number of piperidine rings is 1. The Kier molecular flexibility index (Phi) is 5.66. The van der Waals surface area contributed by atoms with Gasteiger partial charge < -0.3 is 20.1 Å². The Labute approximate surface area is 132 Å². The van der Waals surface area contributed by atoms with Crippen molar-refractivity contribution in [2.24, 2.45) is 5.92 Å². The summed E-state index contributed by atoms with van der Waals surface area (Å²) in [7, 11) is 1.64. The highest BCUT2D eigenvalue weighted by atomic mass is 16.5. The summed E-state index contributed by atoms with van der Waals surface area (Å²) in [4.78, 5) is 14.1. The minimum absolute atomic E-state index is 0.0579. The molecule has 1 aromatic rings. The zero-order valence-corrected chi connectivity index (χ0v) is 13.6. The third-order valence-corrected chi connectivity index (χ3v) is 4.10. The van der Waals surface area contributed by atoms with E-state index in [0.29, 0.717) is 13.1 Å². The van der Waals surface area contributed by atoms with Crippen LogP contribution < -0.4 is 10.1 Å². The number of nitrogens with zero attached hydrogens (tertiary/aromatic N) is 1. The molecule has 2 rings (SSSR count). The lowest BCUT2D eigenvalue weighted by atomic mass is 9.96. The summed E-state index contributed by atoms with van der Waals surface area (Å²) in [5.41, 5.74) is 1.06. The van der Waals surface area contributed by atoms with Crippen LogP contribution in [0.25, 0.3) is 0 Å². The molecular weight excluding hydrogens is 280 g/mol. The molecule has 0 aliphatic carbocycles. The van der Waals surface area contributed by atoms with Gasteiger partial charge in [-0.3, -0.25) is 0 Å². The summed E-state index contributed by atoms with van der Waals surface area (Å²) >= 11 is 0. The van der Waals surface area contributed by atoms with Crippen molar-refractivity contribution >= 4 is 6.03 Å². The van der Waals surface area contributed by atoms with E-state index in [4.69, 9.17) is 4.74 Å². The predicted molar refractivity (Wildman–Crippen MR) is 85.9 cm³/mol. The predicted octanol–water partition coefficient (Wildman–Crippen LogP) is 2.56. The van der Waals surface area contributed by atoms with Gasteiger partial charge in [0.1, 0.15) is 5.75 Å². The van der Waals surface area contributed by atoms with Crippen LogP contribution in [0.3, 0.4) is 0 Å². The lowest BCUT2D eigenvalue weighted by molar-refractivity contribution is 0.0826. The van der Waals surface area contributed by atoms with Crippen LogP contribution in [0.1, 0.15) is 38.3 Å². The van der Waals surface area contributed by atoms with Gasteiger partial charge in [-0.15, -0.1) is 0 Å². The standard InChI is InChI=1S/C17H26N2O3/c1-12(2)16(13-6-8-15(22-3)9-7-13)18-17(21)19-10-4-5-14(20)11-19/h6-9,12,14,16,20H,4-5,10-11H2,1-3H3,(H,18,21). The van der Waals surface area contributed by atoms with Gasteiger partial charge in [0.05, 0.1) is 19.3 Å². The fourth-order valence-corrected chi connectivity index (χ4v) is 2.81. The molecule has 1 aromatic carbocycles. The smallest absolute Gasteiger partial charge is 0.317 e. The van der Waals surface area contributed by atoms with E-state index < -0.39 is 6.10 Å². The number of ether oxygens (including phenoxy) is 1. The number of nitrogens with one attached hydrogen (secondary N) is 1. The third-order valence-electron chi connectivity index (χ3n) is 4.10. The largest absolute Gasteiger partial charge is 0.497 e. The number of aliphatic hydroxyl groups excluding tert-OH is 1. The van der Waals surface area contributed by atoms with E-state index >= 15 is 0 Å². The molecule has 2 atom stereocenters. The fraction of sp³-hybridized carbons (Fsp3) is 0.588. The van der Waals surface area contributed by atoms with Gasteiger partial charge in [-0.2, -0.15) is 0 Å². The van der Waals surface area contributed by atoms with Crippen LogP contribution >= 0.6 is 0 Å². The second-order valence-electron chi connectivity index (χ2n) is 6.19. The van der Waals surface area contributed by atoms with Crippen LogP contribution in [-0.4, -0.2) is 42.3 Å². The quantitative estimate of drug-likeness (QED) is 0.898. The molecule has 2 unspecified atom stereocenters. The van der Waals surface area contributed by atoms with E-state index in [1.807, 2.05) is 24.3 Å². The maximum atomic E-state index is 12.4.